The quantitative estimate of drug-likeness (QED) is 0.113. The van der Waals surface area contributed by atoms with Gasteiger partial charge in [0.15, 0.2) is 12.6 Å². The molecule has 220 valence electrons. The Bertz CT molecular complexity index is 796. The van der Waals surface area contributed by atoms with Crippen molar-refractivity contribution in [3.05, 3.63) is 12.2 Å². The van der Waals surface area contributed by atoms with Crippen LogP contribution in [-0.2, 0) is 23.7 Å². The lowest BCUT2D eigenvalue weighted by Gasteiger charge is -2.48. The second kappa shape index (κ2) is 13.8. The third-order valence-corrected chi connectivity index (χ3v) is 7.10. The largest absolute Gasteiger partial charge is 0.394 e. The lowest BCUT2D eigenvalue weighted by atomic mass is 9.82. The molecule has 1 saturated carbocycles. The Kier molecular flexibility index (Phi) is 11.3. The zero-order chi connectivity index (χ0) is 28.1. The van der Waals surface area contributed by atoms with E-state index in [1.54, 1.807) is 12.2 Å². The maximum Gasteiger partial charge on any atom is 0.249 e. The van der Waals surface area contributed by atoms with Crippen LogP contribution in [0, 0.1) is 0 Å². The molecule has 0 aromatic heterocycles. The van der Waals surface area contributed by atoms with Crippen molar-refractivity contribution in [2.45, 2.75) is 98.4 Å². The second-order valence-electron chi connectivity index (χ2n) is 9.91. The van der Waals surface area contributed by atoms with Crippen LogP contribution in [0.15, 0.2) is 12.2 Å². The molecular weight excluding hydrogens is 506 g/mol. The van der Waals surface area contributed by atoms with Crippen molar-refractivity contribution < 1.29 is 44.2 Å². The SMILES string of the molecule is NCC[C@H](O)C(=O)N[C@@H]1C[C@H](N)C(O[C@@H]2OC(CN)C=CC2N)C(N)[C@@H]1O[C@@H]1OC(CO)[C@H](O)[C@H](N)C1O. The molecule has 1 amide bonds. The molecule has 16 nitrogen and oxygen atoms in total. The summed E-state index contributed by atoms with van der Waals surface area (Å²) >= 11 is 0. The standard InChI is InChI=1S/C22H43N7O9/c23-4-3-12(31)20(34)29-11-5-10(26)18(37-21-9(25)2-1-8(6-24)35-21)15(28)19(11)38-22-17(33)14(27)16(32)13(7-30)36-22/h1-2,8-19,21-22,30-33H,3-7,23-28H2,(H,29,34)/t8?,9?,10-,11+,12-,13?,14-,15?,16-,17?,18?,19+,21-,22-/m0/s1. The number of hydrogen-bond donors (Lipinski definition) is 11. The molecule has 0 bridgehead atoms. The normalized spacial score (nSPS) is 44.5. The minimum absolute atomic E-state index is 0.0238. The van der Waals surface area contributed by atoms with Gasteiger partial charge in [-0.15, -0.1) is 0 Å². The number of nitrogens with one attached hydrogen (secondary N) is 1. The van der Waals surface area contributed by atoms with E-state index in [0.29, 0.717) is 0 Å². The van der Waals surface area contributed by atoms with Gasteiger partial charge in [-0.25, -0.2) is 0 Å². The van der Waals surface area contributed by atoms with Gasteiger partial charge < -0.3 is 79.1 Å². The van der Waals surface area contributed by atoms with Crippen molar-refractivity contribution in [2.75, 3.05) is 19.7 Å². The van der Waals surface area contributed by atoms with Gasteiger partial charge in [-0.05, 0) is 19.4 Å². The smallest absolute Gasteiger partial charge is 0.249 e. The first-order chi connectivity index (χ1) is 18.0. The van der Waals surface area contributed by atoms with Crippen LogP contribution in [0.5, 0.6) is 0 Å². The van der Waals surface area contributed by atoms with Crippen LogP contribution in [0.3, 0.4) is 0 Å². The van der Waals surface area contributed by atoms with Crippen molar-refractivity contribution in [2.24, 2.45) is 34.4 Å². The highest BCUT2D eigenvalue weighted by Crippen LogP contribution is 2.30. The summed E-state index contributed by atoms with van der Waals surface area (Å²) in [6, 6.07) is -4.45. The number of ether oxygens (including phenoxy) is 4. The third kappa shape index (κ3) is 7.04. The fourth-order valence-electron chi connectivity index (χ4n) is 4.83. The van der Waals surface area contributed by atoms with Crippen molar-refractivity contribution in [1.82, 2.24) is 5.32 Å². The minimum atomic E-state index is -1.50. The van der Waals surface area contributed by atoms with Crippen molar-refractivity contribution in [1.29, 1.82) is 0 Å². The fourth-order valence-corrected chi connectivity index (χ4v) is 4.83. The lowest BCUT2D eigenvalue weighted by Crippen LogP contribution is -2.71. The average Bonchev–Trinajstić information content (AvgIpc) is 2.89. The molecule has 2 fully saturated rings. The molecule has 6 unspecified atom stereocenters. The molecule has 3 aliphatic rings. The molecule has 0 aromatic carbocycles. The highest BCUT2D eigenvalue weighted by molar-refractivity contribution is 5.80. The topological polar surface area (TPSA) is 303 Å². The Morgan fingerprint density at radius 1 is 1.00 bits per heavy atom. The molecule has 1 saturated heterocycles. The first-order valence-corrected chi connectivity index (χ1v) is 12.7. The molecular formula is C22H43N7O9. The summed E-state index contributed by atoms with van der Waals surface area (Å²) in [5.41, 5.74) is 36.1. The maximum atomic E-state index is 12.6. The van der Waals surface area contributed by atoms with Crippen molar-refractivity contribution in [3.63, 3.8) is 0 Å². The molecule has 2 aliphatic heterocycles. The van der Waals surface area contributed by atoms with Crippen LogP contribution in [-0.4, -0.2) is 132 Å². The Morgan fingerprint density at radius 3 is 2.32 bits per heavy atom. The number of amides is 1. The highest BCUT2D eigenvalue weighted by Gasteiger charge is 2.50. The number of aliphatic hydroxyl groups is 4. The van der Waals surface area contributed by atoms with Crippen LogP contribution in [0.4, 0.5) is 0 Å². The molecule has 0 radical (unpaired) electrons. The van der Waals surface area contributed by atoms with Gasteiger partial charge in [0.25, 0.3) is 0 Å². The average molecular weight is 550 g/mol. The first-order valence-electron chi connectivity index (χ1n) is 12.7. The zero-order valence-electron chi connectivity index (χ0n) is 21.1. The molecule has 16 heteroatoms. The summed E-state index contributed by atoms with van der Waals surface area (Å²) in [6.07, 6.45) is -6.58. The molecule has 0 aromatic rings. The zero-order valence-corrected chi connectivity index (χ0v) is 21.1. The number of nitrogens with two attached hydrogens (primary N) is 6. The molecule has 17 N–H and O–H groups in total. The van der Waals surface area contributed by atoms with Gasteiger partial charge in [-0.3, -0.25) is 4.79 Å². The summed E-state index contributed by atoms with van der Waals surface area (Å²) < 4.78 is 23.5. The van der Waals surface area contributed by atoms with Crippen LogP contribution < -0.4 is 39.7 Å². The monoisotopic (exact) mass is 549 g/mol. The lowest BCUT2D eigenvalue weighted by molar-refractivity contribution is -0.300. The van der Waals surface area contributed by atoms with E-state index in [1.807, 2.05) is 0 Å². The second-order valence-corrected chi connectivity index (χ2v) is 9.91. The van der Waals surface area contributed by atoms with Gasteiger partial charge in [0.05, 0.1) is 49.1 Å². The molecule has 1 aliphatic carbocycles. The third-order valence-electron chi connectivity index (χ3n) is 7.10. The van der Waals surface area contributed by atoms with Gasteiger partial charge >= 0.3 is 0 Å². The Balaban J connectivity index is 1.83. The van der Waals surface area contributed by atoms with E-state index in [9.17, 15) is 25.2 Å². The Morgan fingerprint density at radius 2 is 1.68 bits per heavy atom. The van der Waals surface area contributed by atoms with E-state index in [-0.39, 0.29) is 25.9 Å². The summed E-state index contributed by atoms with van der Waals surface area (Å²) in [5, 5.41) is 43.1. The van der Waals surface area contributed by atoms with E-state index < -0.39 is 98.0 Å². The van der Waals surface area contributed by atoms with E-state index in [0.717, 1.165) is 0 Å². The van der Waals surface area contributed by atoms with Crippen molar-refractivity contribution >= 4 is 5.91 Å². The fraction of sp³-hybridized carbons (Fsp3) is 0.864. The van der Waals surface area contributed by atoms with E-state index >= 15 is 0 Å². The summed E-state index contributed by atoms with van der Waals surface area (Å²) in [7, 11) is 0. The number of aliphatic hydroxyl groups excluding tert-OH is 4. The number of rotatable bonds is 10. The number of carbonyl (C=O) groups excluding carboxylic acids is 1. The first kappa shape index (κ1) is 31.2. The Labute approximate surface area is 220 Å². The highest BCUT2D eigenvalue weighted by atomic mass is 16.7. The molecule has 3 rings (SSSR count). The van der Waals surface area contributed by atoms with Crippen LogP contribution in [0.25, 0.3) is 0 Å². The molecule has 0 spiro atoms. The van der Waals surface area contributed by atoms with Crippen molar-refractivity contribution in [3.8, 4) is 0 Å². The van der Waals surface area contributed by atoms with Gasteiger partial charge in [-0.2, -0.15) is 0 Å². The van der Waals surface area contributed by atoms with Crippen LogP contribution >= 0.6 is 0 Å². The minimum Gasteiger partial charge on any atom is -0.394 e. The summed E-state index contributed by atoms with van der Waals surface area (Å²) in [4.78, 5) is 12.6. The van der Waals surface area contributed by atoms with E-state index in [1.165, 1.54) is 0 Å². The molecule has 2 heterocycles. The van der Waals surface area contributed by atoms with E-state index in [2.05, 4.69) is 5.32 Å². The predicted octanol–water partition coefficient (Wildman–Crippen LogP) is -6.66. The number of hydrogen-bond acceptors (Lipinski definition) is 15. The van der Waals surface area contributed by atoms with Gasteiger partial charge in [0.2, 0.25) is 5.91 Å². The molecule has 38 heavy (non-hydrogen) atoms. The maximum absolute atomic E-state index is 12.6. The van der Waals surface area contributed by atoms with Gasteiger partial charge in [-0.1, -0.05) is 12.2 Å². The Hall–Kier alpha value is -1.35. The summed E-state index contributed by atoms with van der Waals surface area (Å²) in [5.74, 6) is -0.716. The number of carbonyl (C=O) groups is 1. The predicted molar refractivity (Wildman–Crippen MR) is 132 cm³/mol. The van der Waals surface area contributed by atoms with Gasteiger partial charge in [0.1, 0.15) is 24.4 Å². The molecule has 14 atom stereocenters. The van der Waals surface area contributed by atoms with Crippen LogP contribution in [0.2, 0.25) is 0 Å². The van der Waals surface area contributed by atoms with Gasteiger partial charge in [0, 0.05) is 12.6 Å². The summed E-state index contributed by atoms with van der Waals surface area (Å²) in [6.45, 7) is -0.308. The van der Waals surface area contributed by atoms with Crippen LogP contribution in [0.1, 0.15) is 12.8 Å². The van der Waals surface area contributed by atoms with E-state index in [4.69, 9.17) is 53.3 Å².